The largest absolute Gasteiger partial charge is 0.368 e. The molecule has 2 rings (SSSR count). The van der Waals surface area contributed by atoms with Crippen LogP contribution in [0.15, 0.2) is 18.2 Å². The van der Waals surface area contributed by atoms with Crippen molar-refractivity contribution in [1.82, 2.24) is 4.90 Å². The molecule has 0 unspecified atom stereocenters. The number of nitriles is 3. The summed E-state index contributed by atoms with van der Waals surface area (Å²) < 4.78 is 0. The normalized spacial score (nSPS) is 16.2. The van der Waals surface area contributed by atoms with Gasteiger partial charge in [-0.2, -0.15) is 15.8 Å². The monoisotopic (exact) mass is 327 g/mol. The zero-order chi connectivity index (χ0) is 16.7. The molecule has 1 fully saturated rings. The van der Waals surface area contributed by atoms with E-state index >= 15 is 0 Å². The van der Waals surface area contributed by atoms with Gasteiger partial charge in [-0.05, 0) is 24.6 Å². The molecule has 5 nitrogen and oxygen atoms in total. The summed E-state index contributed by atoms with van der Waals surface area (Å²) in [5, 5.41) is 27.3. The summed E-state index contributed by atoms with van der Waals surface area (Å²) in [6.45, 7) is 4.11. The second-order valence-electron chi connectivity index (χ2n) is 5.59. The third-order valence-electron chi connectivity index (χ3n) is 4.06. The summed E-state index contributed by atoms with van der Waals surface area (Å²) in [5.41, 5.74) is 1.51. The number of halogens is 1. The zero-order valence-corrected chi connectivity index (χ0v) is 13.6. The van der Waals surface area contributed by atoms with Crippen LogP contribution in [0.3, 0.4) is 0 Å². The highest BCUT2D eigenvalue weighted by Gasteiger charge is 2.21. The molecule has 0 bridgehead atoms. The third-order valence-corrected chi connectivity index (χ3v) is 4.36. The quantitative estimate of drug-likeness (QED) is 0.831. The van der Waals surface area contributed by atoms with E-state index in [1.165, 1.54) is 0 Å². The highest BCUT2D eigenvalue weighted by molar-refractivity contribution is 6.33. The molecule has 0 N–H and O–H groups in total. The number of anilines is 1. The van der Waals surface area contributed by atoms with Gasteiger partial charge in [0.05, 0.1) is 40.4 Å². The zero-order valence-electron chi connectivity index (χ0n) is 12.9. The van der Waals surface area contributed by atoms with Crippen molar-refractivity contribution in [2.24, 2.45) is 5.92 Å². The van der Waals surface area contributed by atoms with Crippen LogP contribution in [0, 0.1) is 39.9 Å². The minimum atomic E-state index is -0.0836. The van der Waals surface area contributed by atoms with E-state index in [2.05, 4.69) is 28.0 Å². The first kappa shape index (κ1) is 17.1. The maximum absolute atomic E-state index is 9.16. The van der Waals surface area contributed by atoms with Gasteiger partial charge in [-0.15, -0.1) is 0 Å². The highest BCUT2D eigenvalue weighted by atomic mass is 35.5. The summed E-state index contributed by atoms with van der Waals surface area (Å²) in [7, 11) is 0. The smallest absolute Gasteiger partial charge is 0.0992 e. The maximum Gasteiger partial charge on any atom is 0.0992 e. The van der Waals surface area contributed by atoms with Crippen molar-refractivity contribution in [1.29, 1.82) is 15.8 Å². The lowest BCUT2D eigenvalue weighted by Gasteiger charge is -2.37. The minimum absolute atomic E-state index is 0.0836. The molecule has 23 heavy (non-hydrogen) atoms. The number of hydrogen-bond donors (Lipinski definition) is 0. The standard InChI is InChI=1S/C17H18ClN5/c18-16-10-14(11-20)3-4-17(16)23-8-6-22(7-9-23)13-15(12-21)2-1-5-19/h3-4,10,15H,1-2,6-9,13H2/t15-/m1/s1. The Hall–Kier alpha value is -2.26. The minimum Gasteiger partial charge on any atom is -0.368 e. The van der Waals surface area contributed by atoms with E-state index in [9.17, 15) is 0 Å². The van der Waals surface area contributed by atoms with Crippen molar-refractivity contribution in [3.8, 4) is 18.2 Å². The predicted octanol–water partition coefficient (Wildman–Crippen LogP) is 2.78. The Balaban J connectivity index is 1.90. The third kappa shape index (κ3) is 4.60. The van der Waals surface area contributed by atoms with Crippen molar-refractivity contribution in [2.45, 2.75) is 12.8 Å². The molecule has 6 heteroatoms. The van der Waals surface area contributed by atoms with Gasteiger partial charge in [0.15, 0.2) is 0 Å². The fourth-order valence-electron chi connectivity index (χ4n) is 2.75. The molecular formula is C17H18ClN5. The van der Waals surface area contributed by atoms with Gasteiger partial charge >= 0.3 is 0 Å². The highest BCUT2D eigenvalue weighted by Crippen LogP contribution is 2.27. The lowest BCUT2D eigenvalue weighted by Crippen LogP contribution is -2.47. The van der Waals surface area contributed by atoms with Crippen LogP contribution in [-0.4, -0.2) is 37.6 Å². The second kappa shape index (κ2) is 8.39. The van der Waals surface area contributed by atoms with Crippen molar-refractivity contribution >= 4 is 17.3 Å². The Kier molecular flexibility index (Phi) is 6.24. The van der Waals surface area contributed by atoms with Gasteiger partial charge in [0, 0.05) is 39.1 Å². The molecule has 1 heterocycles. The Morgan fingerprint density at radius 1 is 1.13 bits per heavy atom. The fraction of sp³-hybridized carbons (Fsp3) is 0.471. The number of hydrogen-bond acceptors (Lipinski definition) is 5. The van der Waals surface area contributed by atoms with Crippen molar-refractivity contribution in [2.75, 3.05) is 37.6 Å². The first-order chi connectivity index (χ1) is 11.2. The fourth-order valence-corrected chi connectivity index (χ4v) is 3.05. The first-order valence-electron chi connectivity index (χ1n) is 7.61. The van der Waals surface area contributed by atoms with E-state index in [1.54, 1.807) is 12.1 Å². The van der Waals surface area contributed by atoms with E-state index in [0.717, 1.165) is 31.9 Å². The average molecular weight is 328 g/mol. The molecule has 1 aromatic rings. The lowest BCUT2D eigenvalue weighted by molar-refractivity contribution is 0.233. The summed E-state index contributed by atoms with van der Waals surface area (Å²) in [6, 6.07) is 11.8. The molecule has 0 aliphatic carbocycles. The van der Waals surface area contributed by atoms with Crippen molar-refractivity contribution in [3.63, 3.8) is 0 Å². The Morgan fingerprint density at radius 2 is 1.87 bits per heavy atom. The van der Waals surface area contributed by atoms with Gasteiger partial charge in [0.25, 0.3) is 0 Å². The van der Waals surface area contributed by atoms with Crippen LogP contribution in [0.4, 0.5) is 5.69 Å². The first-order valence-corrected chi connectivity index (χ1v) is 7.99. The van der Waals surface area contributed by atoms with Gasteiger partial charge in [0.2, 0.25) is 0 Å². The van der Waals surface area contributed by atoms with Crippen LogP contribution < -0.4 is 4.90 Å². The van der Waals surface area contributed by atoms with Gasteiger partial charge in [-0.25, -0.2) is 0 Å². The Labute approximate surface area is 141 Å². The molecular weight excluding hydrogens is 310 g/mol. The van der Waals surface area contributed by atoms with Gasteiger partial charge in [-0.3, -0.25) is 4.90 Å². The second-order valence-corrected chi connectivity index (χ2v) is 6.00. The SMILES string of the molecule is N#CCC[C@H](C#N)CN1CCN(c2ccc(C#N)cc2Cl)CC1. The summed E-state index contributed by atoms with van der Waals surface area (Å²) in [6.07, 6.45) is 1.06. The number of rotatable bonds is 5. The predicted molar refractivity (Wildman–Crippen MR) is 88.8 cm³/mol. The van der Waals surface area contributed by atoms with Crippen LogP contribution in [0.1, 0.15) is 18.4 Å². The molecule has 1 aliphatic rings. The number of benzene rings is 1. The number of piperazine rings is 1. The van der Waals surface area contributed by atoms with Crippen LogP contribution in [0.2, 0.25) is 5.02 Å². The molecule has 0 aromatic heterocycles. The van der Waals surface area contributed by atoms with Crippen LogP contribution >= 0.6 is 11.6 Å². The average Bonchev–Trinajstić information content (AvgIpc) is 2.59. The molecule has 1 saturated heterocycles. The lowest BCUT2D eigenvalue weighted by atomic mass is 10.0. The van der Waals surface area contributed by atoms with E-state index in [4.69, 9.17) is 27.4 Å². The molecule has 0 saturated carbocycles. The summed E-state index contributed by atoms with van der Waals surface area (Å²) in [4.78, 5) is 4.47. The van der Waals surface area contributed by atoms with E-state index in [-0.39, 0.29) is 5.92 Å². The Morgan fingerprint density at radius 3 is 2.43 bits per heavy atom. The van der Waals surface area contributed by atoms with E-state index < -0.39 is 0 Å². The molecule has 1 aromatic carbocycles. The molecule has 1 atom stereocenters. The van der Waals surface area contributed by atoms with Crippen molar-refractivity contribution < 1.29 is 0 Å². The van der Waals surface area contributed by atoms with Gasteiger partial charge < -0.3 is 4.90 Å². The van der Waals surface area contributed by atoms with Crippen molar-refractivity contribution in [3.05, 3.63) is 28.8 Å². The molecule has 118 valence electrons. The summed E-state index contributed by atoms with van der Waals surface area (Å²) in [5.74, 6) is -0.0836. The van der Waals surface area contributed by atoms with Gasteiger partial charge in [0.1, 0.15) is 0 Å². The summed E-state index contributed by atoms with van der Waals surface area (Å²) >= 11 is 6.26. The molecule has 1 aliphatic heterocycles. The van der Waals surface area contributed by atoms with Crippen LogP contribution in [0.5, 0.6) is 0 Å². The van der Waals surface area contributed by atoms with E-state index in [0.29, 0.717) is 30.0 Å². The molecule has 0 amide bonds. The Bertz CT molecular complexity index is 659. The topological polar surface area (TPSA) is 77.8 Å². The molecule has 0 radical (unpaired) electrons. The number of nitrogens with zero attached hydrogens (tertiary/aromatic N) is 5. The van der Waals surface area contributed by atoms with Gasteiger partial charge in [-0.1, -0.05) is 11.6 Å². The van der Waals surface area contributed by atoms with Crippen LogP contribution in [0.25, 0.3) is 0 Å². The van der Waals surface area contributed by atoms with Crippen LogP contribution in [-0.2, 0) is 0 Å². The van der Waals surface area contributed by atoms with E-state index in [1.807, 2.05) is 6.07 Å². The molecule has 0 spiro atoms. The maximum atomic E-state index is 9.16.